The van der Waals surface area contributed by atoms with Crippen LogP contribution in [0.5, 0.6) is 0 Å². The Morgan fingerprint density at radius 3 is 2.82 bits per heavy atom. The lowest BCUT2D eigenvalue weighted by atomic mass is 10.3. The Bertz CT molecular complexity index is 809. The molecule has 0 fully saturated rings. The largest absolute Gasteiger partial charge is 0.369 e. The van der Waals surface area contributed by atoms with Crippen LogP contribution in [0.3, 0.4) is 0 Å². The Balaban J connectivity index is 1.76. The van der Waals surface area contributed by atoms with Crippen LogP contribution in [-0.2, 0) is 17.8 Å². The summed E-state index contributed by atoms with van der Waals surface area (Å²) in [6.45, 7) is 0.448. The van der Waals surface area contributed by atoms with E-state index in [1.54, 1.807) is 15.7 Å². The van der Waals surface area contributed by atoms with Crippen molar-refractivity contribution in [3.05, 3.63) is 59.4 Å². The van der Waals surface area contributed by atoms with Crippen molar-refractivity contribution in [1.82, 2.24) is 24.5 Å². The van der Waals surface area contributed by atoms with Crippen molar-refractivity contribution in [3.63, 3.8) is 0 Å². The third-order valence-corrected chi connectivity index (χ3v) is 3.30. The van der Waals surface area contributed by atoms with E-state index >= 15 is 0 Å². The first kappa shape index (κ1) is 14.3. The first-order chi connectivity index (χ1) is 10.6. The molecule has 1 aromatic carbocycles. The van der Waals surface area contributed by atoms with Gasteiger partial charge in [-0.15, -0.1) is 0 Å². The molecule has 8 heteroatoms. The molecule has 0 atom stereocenters. The number of hydrogen-bond acceptors (Lipinski definition) is 4. The molecular formula is C14H13ClN6O. The van der Waals surface area contributed by atoms with Crippen molar-refractivity contribution in [2.75, 3.05) is 0 Å². The lowest BCUT2D eigenvalue weighted by Crippen LogP contribution is -2.15. The van der Waals surface area contributed by atoms with E-state index < -0.39 is 5.91 Å². The van der Waals surface area contributed by atoms with Crippen LogP contribution in [0.2, 0.25) is 5.02 Å². The number of benzene rings is 1. The molecule has 2 N–H and O–H groups in total. The number of nitrogens with two attached hydrogens (primary N) is 1. The van der Waals surface area contributed by atoms with Gasteiger partial charge in [0.15, 0.2) is 5.82 Å². The van der Waals surface area contributed by atoms with E-state index in [9.17, 15) is 4.79 Å². The van der Waals surface area contributed by atoms with E-state index in [4.69, 9.17) is 17.3 Å². The number of halogens is 1. The first-order valence-corrected chi connectivity index (χ1v) is 6.96. The van der Waals surface area contributed by atoms with Gasteiger partial charge in [-0.1, -0.05) is 23.7 Å². The van der Waals surface area contributed by atoms with Gasteiger partial charge in [-0.3, -0.25) is 4.79 Å². The predicted molar refractivity (Wildman–Crippen MR) is 80.6 cm³/mol. The zero-order chi connectivity index (χ0) is 15.5. The summed E-state index contributed by atoms with van der Waals surface area (Å²) in [4.78, 5) is 14.9. The number of carbonyl (C=O) groups is 1. The summed E-state index contributed by atoms with van der Waals surface area (Å²) < 4.78 is 3.32. The number of nitrogens with zero attached hydrogens (tertiary/aromatic N) is 5. The Morgan fingerprint density at radius 1 is 1.23 bits per heavy atom. The first-order valence-electron chi connectivity index (χ1n) is 6.58. The molecule has 3 rings (SSSR count). The van der Waals surface area contributed by atoms with Gasteiger partial charge < -0.3 is 5.73 Å². The summed E-state index contributed by atoms with van der Waals surface area (Å²) in [5.41, 5.74) is 6.72. The van der Waals surface area contributed by atoms with Crippen molar-refractivity contribution in [3.8, 4) is 5.69 Å². The fourth-order valence-electron chi connectivity index (χ4n) is 2.03. The number of primary amides is 1. The fraction of sp³-hybridized carbons (Fsp3) is 0.143. The highest BCUT2D eigenvalue weighted by molar-refractivity contribution is 6.32. The van der Waals surface area contributed by atoms with Crippen molar-refractivity contribution in [2.45, 2.75) is 13.0 Å². The second-order valence-corrected chi connectivity index (χ2v) is 5.11. The highest BCUT2D eigenvalue weighted by Crippen LogP contribution is 2.19. The summed E-state index contributed by atoms with van der Waals surface area (Å²) in [6.07, 6.45) is 3.41. The smallest absolute Gasteiger partial charge is 0.225 e. The Labute approximate surface area is 131 Å². The maximum absolute atomic E-state index is 10.8. The lowest BCUT2D eigenvalue weighted by molar-refractivity contribution is -0.117. The van der Waals surface area contributed by atoms with Crippen LogP contribution >= 0.6 is 11.6 Å². The fourth-order valence-corrected chi connectivity index (χ4v) is 2.25. The molecule has 0 saturated carbocycles. The second kappa shape index (κ2) is 5.98. The molecule has 0 radical (unpaired) electrons. The zero-order valence-corrected chi connectivity index (χ0v) is 12.3. The Morgan fingerprint density at radius 2 is 2.05 bits per heavy atom. The van der Waals surface area contributed by atoms with Crippen molar-refractivity contribution < 1.29 is 4.79 Å². The molecule has 3 aromatic rings. The van der Waals surface area contributed by atoms with Crippen LogP contribution < -0.4 is 5.73 Å². The van der Waals surface area contributed by atoms with Crippen molar-refractivity contribution in [2.24, 2.45) is 5.73 Å². The van der Waals surface area contributed by atoms with Crippen LogP contribution in [0.1, 0.15) is 11.5 Å². The van der Waals surface area contributed by atoms with E-state index in [-0.39, 0.29) is 6.42 Å². The predicted octanol–water partition coefficient (Wildman–Crippen LogP) is 1.19. The quantitative estimate of drug-likeness (QED) is 0.765. The third-order valence-electron chi connectivity index (χ3n) is 2.98. The van der Waals surface area contributed by atoms with Gasteiger partial charge in [0.05, 0.1) is 29.4 Å². The van der Waals surface area contributed by atoms with Crippen LogP contribution in [0.25, 0.3) is 5.69 Å². The monoisotopic (exact) mass is 316 g/mol. The summed E-state index contributed by atoms with van der Waals surface area (Å²) in [6, 6.07) is 9.34. The zero-order valence-electron chi connectivity index (χ0n) is 11.6. The van der Waals surface area contributed by atoms with Gasteiger partial charge in [0.1, 0.15) is 6.33 Å². The molecule has 2 aromatic heterocycles. The van der Waals surface area contributed by atoms with Crippen LogP contribution in [0, 0.1) is 0 Å². The number of aromatic nitrogens is 5. The summed E-state index contributed by atoms with van der Waals surface area (Å²) >= 11 is 6.15. The standard InChI is InChI=1S/C14H13ClN6O/c15-11-3-1-2-4-12(11)21-6-5-10(18-21)8-20-9-17-14(19-20)7-13(16)22/h1-6,9H,7-8H2,(H2,16,22). The minimum Gasteiger partial charge on any atom is -0.369 e. The maximum Gasteiger partial charge on any atom is 0.225 e. The summed E-state index contributed by atoms with van der Waals surface area (Å²) in [7, 11) is 0. The number of rotatable bonds is 5. The lowest BCUT2D eigenvalue weighted by Gasteiger charge is -2.03. The van der Waals surface area contributed by atoms with Gasteiger partial charge in [-0.05, 0) is 18.2 Å². The van der Waals surface area contributed by atoms with Crippen LogP contribution in [-0.4, -0.2) is 30.5 Å². The van der Waals surface area contributed by atoms with Crippen LogP contribution in [0.4, 0.5) is 0 Å². The molecule has 7 nitrogen and oxygen atoms in total. The van der Waals surface area contributed by atoms with E-state index in [1.807, 2.05) is 36.5 Å². The molecule has 0 saturated heterocycles. The minimum absolute atomic E-state index is 0.0288. The summed E-state index contributed by atoms with van der Waals surface area (Å²) in [5.74, 6) is -0.0567. The maximum atomic E-state index is 10.8. The van der Waals surface area contributed by atoms with E-state index in [2.05, 4.69) is 15.2 Å². The van der Waals surface area contributed by atoms with Gasteiger partial charge in [0.25, 0.3) is 0 Å². The third kappa shape index (κ3) is 3.15. The normalized spacial score (nSPS) is 10.8. The number of amides is 1. The van der Waals surface area contributed by atoms with Crippen LogP contribution in [0.15, 0.2) is 42.9 Å². The molecule has 0 aliphatic carbocycles. The van der Waals surface area contributed by atoms with Gasteiger partial charge in [0, 0.05) is 6.20 Å². The molecule has 1 amide bonds. The Hall–Kier alpha value is -2.67. The van der Waals surface area contributed by atoms with Crippen molar-refractivity contribution >= 4 is 17.5 Å². The number of para-hydroxylation sites is 1. The molecule has 22 heavy (non-hydrogen) atoms. The summed E-state index contributed by atoms with van der Waals surface area (Å²) in [5, 5.41) is 9.26. The van der Waals surface area contributed by atoms with E-state index in [1.165, 1.54) is 0 Å². The topological polar surface area (TPSA) is 91.6 Å². The number of hydrogen-bond donors (Lipinski definition) is 1. The molecule has 2 heterocycles. The highest BCUT2D eigenvalue weighted by atomic mass is 35.5. The molecule has 0 unspecified atom stereocenters. The van der Waals surface area contributed by atoms with Crippen molar-refractivity contribution in [1.29, 1.82) is 0 Å². The highest BCUT2D eigenvalue weighted by Gasteiger charge is 2.08. The van der Waals surface area contributed by atoms with Gasteiger partial charge in [-0.25, -0.2) is 14.3 Å². The SMILES string of the molecule is NC(=O)Cc1ncn(Cc2ccn(-c3ccccc3Cl)n2)n1. The van der Waals surface area contributed by atoms with E-state index in [0.29, 0.717) is 17.4 Å². The van der Waals surface area contributed by atoms with Gasteiger partial charge >= 0.3 is 0 Å². The average Bonchev–Trinajstić information content (AvgIpc) is 3.09. The molecule has 0 bridgehead atoms. The molecular weight excluding hydrogens is 304 g/mol. The molecule has 0 aliphatic rings. The molecule has 112 valence electrons. The Kier molecular flexibility index (Phi) is 3.88. The van der Waals surface area contributed by atoms with E-state index in [0.717, 1.165) is 11.4 Å². The molecule has 0 spiro atoms. The molecule has 0 aliphatic heterocycles. The average molecular weight is 317 g/mol. The second-order valence-electron chi connectivity index (χ2n) is 4.70. The number of carbonyl (C=O) groups excluding carboxylic acids is 1. The van der Waals surface area contributed by atoms with Gasteiger partial charge in [-0.2, -0.15) is 10.2 Å². The minimum atomic E-state index is -0.458. The van der Waals surface area contributed by atoms with Gasteiger partial charge in [0.2, 0.25) is 5.91 Å².